The molecule has 1 heterocycles. The molecule has 0 radical (unpaired) electrons. The maximum absolute atomic E-state index is 11.7. The topological polar surface area (TPSA) is 42.0 Å². The van der Waals surface area contributed by atoms with Crippen LogP contribution in [0.15, 0.2) is 24.3 Å². The highest BCUT2D eigenvalue weighted by atomic mass is 35.5. The lowest BCUT2D eigenvalue weighted by Gasteiger charge is -2.00. The SMILES string of the molecule is O=C(Nc1nc(=S)ss1)c1cccc(Cl)c1. The van der Waals surface area contributed by atoms with E-state index in [1.165, 1.54) is 20.7 Å². The fourth-order valence-corrected chi connectivity index (χ4v) is 3.09. The number of halogens is 1. The van der Waals surface area contributed by atoms with Crippen LogP contribution in [0.5, 0.6) is 0 Å². The van der Waals surface area contributed by atoms with E-state index in [0.717, 1.165) is 0 Å². The van der Waals surface area contributed by atoms with Crippen molar-refractivity contribution in [1.29, 1.82) is 0 Å². The molecule has 1 amide bonds. The summed E-state index contributed by atoms with van der Waals surface area (Å²) < 4.78 is 0.520. The van der Waals surface area contributed by atoms with Gasteiger partial charge in [-0.15, -0.1) is 0 Å². The van der Waals surface area contributed by atoms with Crippen molar-refractivity contribution in [3.63, 3.8) is 0 Å². The van der Waals surface area contributed by atoms with E-state index in [4.69, 9.17) is 23.8 Å². The van der Waals surface area contributed by atoms with Gasteiger partial charge in [-0.05, 0) is 51.1 Å². The van der Waals surface area contributed by atoms with Crippen LogP contribution in [0.25, 0.3) is 0 Å². The number of aromatic nitrogens is 1. The van der Waals surface area contributed by atoms with Crippen LogP contribution in [-0.2, 0) is 0 Å². The van der Waals surface area contributed by atoms with Crippen molar-refractivity contribution in [3.8, 4) is 0 Å². The Kier molecular flexibility index (Phi) is 3.65. The number of anilines is 1. The zero-order valence-corrected chi connectivity index (χ0v) is 11.0. The Morgan fingerprint density at radius 3 is 2.88 bits per heavy atom. The van der Waals surface area contributed by atoms with Crippen LogP contribution < -0.4 is 5.32 Å². The molecule has 0 saturated carbocycles. The minimum absolute atomic E-state index is 0.237. The summed E-state index contributed by atoms with van der Waals surface area (Å²) in [6.07, 6.45) is 0. The first kappa shape index (κ1) is 11.7. The second kappa shape index (κ2) is 5.01. The second-order valence-electron chi connectivity index (χ2n) is 2.81. The van der Waals surface area contributed by atoms with E-state index >= 15 is 0 Å². The lowest BCUT2D eigenvalue weighted by molar-refractivity contribution is 0.102. The number of amides is 1. The quantitative estimate of drug-likeness (QED) is 0.674. The zero-order chi connectivity index (χ0) is 11.5. The molecule has 0 saturated heterocycles. The average molecular weight is 289 g/mol. The molecule has 2 rings (SSSR count). The zero-order valence-electron chi connectivity index (χ0n) is 7.77. The van der Waals surface area contributed by atoms with Crippen molar-refractivity contribution >= 4 is 55.5 Å². The Morgan fingerprint density at radius 2 is 2.25 bits per heavy atom. The molecular formula is C9H5ClN2OS3. The van der Waals surface area contributed by atoms with Crippen molar-refractivity contribution in [2.75, 3.05) is 5.32 Å². The van der Waals surface area contributed by atoms with Gasteiger partial charge >= 0.3 is 0 Å². The number of benzene rings is 1. The van der Waals surface area contributed by atoms with Crippen LogP contribution in [0.3, 0.4) is 0 Å². The third kappa shape index (κ3) is 2.85. The summed E-state index contributed by atoms with van der Waals surface area (Å²) in [5, 5.41) is 3.70. The highest BCUT2D eigenvalue weighted by molar-refractivity contribution is 7.79. The first-order valence-electron chi connectivity index (χ1n) is 4.19. The average Bonchev–Trinajstić information content (AvgIpc) is 2.64. The molecule has 0 aliphatic carbocycles. The molecule has 0 atom stereocenters. The Hall–Kier alpha value is -0.820. The van der Waals surface area contributed by atoms with Gasteiger partial charge in [0, 0.05) is 10.6 Å². The van der Waals surface area contributed by atoms with E-state index in [9.17, 15) is 4.79 Å². The van der Waals surface area contributed by atoms with E-state index in [1.807, 2.05) is 0 Å². The number of nitrogens with one attached hydrogen (secondary N) is 1. The smallest absolute Gasteiger partial charge is 0.257 e. The molecule has 1 aromatic heterocycles. The summed E-state index contributed by atoms with van der Waals surface area (Å²) in [7, 11) is 2.69. The predicted molar refractivity (Wildman–Crippen MR) is 70.2 cm³/mol. The minimum Gasteiger partial charge on any atom is -0.297 e. The molecule has 0 spiro atoms. The molecule has 7 heteroatoms. The largest absolute Gasteiger partial charge is 0.297 e. The van der Waals surface area contributed by atoms with Crippen molar-refractivity contribution < 1.29 is 4.79 Å². The summed E-state index contributed by atoms with van der Waals surface area (Å²) >= 11 is 10.7. The molecule has 0 aliphatic rings. The molecule has 0 aliphatic heterocycles. The van der Waals surface area contributed by atoms with Crippen molar-refractivity contribution in [2.24, 2.45) is 0 Å². The molecule has 0 fully saturated rings. The Bertz CT molecular complexity index is 578. The number of carbonyl (C=O) groups excluding carboxylic acids is 1. The Balaban J connectivity index is 2.17. The number of carbonyl (C=O) groups is 1. The fourth-order valence-electron chi connectivity index (χ4n) is 1.04. The van der Waals surface area contributed by atoms with Crippen molar-refractivity contribution in [3.05, 3.63) is 38.8 Å². The lowest BCUT2D eigenvalue weighted by Crippen LogP contribution is -2.11. The summed E-state index contributed by atoms with van der Waals surface area (Å²) in [5.74, 6) is -0.237. The molecule has 2 aromatic rings. The number of hydrogen-bond acceptors (Lipinski definition) is 5. The lowest BCUT2D eigenvalue weighted by atomic mass is 10.2. The van der Waals surface area contributed by atoms with Gasteiger partial charge in [0.1, 0.15) is 0 Å². The van der Waals surface area contributed by atoms with Crippen molar-refractivity contribution in [2.45, 2.75) is 0 Å². The van der Waals surface area contributed by atoms with Crippen LogP contribution in [0.1, 0.15) is 10.4 Å². The highest BCUT2D eigenvalue weighted by Gasteiger charge is 2.08. The van der Waals surface area contributed by atoms with Crippen LogP contribution in [0, 0.1) is 3.95 Å². The molecule has 16 heavy (non-hydrogen) atoms. The Labute approximate surface area is 109 Å². The van der Waals surface area contributed by atoms with E-state index in [0.29, 0.717) is 19.7 Å². The van der Waals surface area contributed by atoms with E-state index in [-0.39, 0.29) is 5.91 Å². The van der Waals surface area contributed by atoms with Crippen LogP contribution in [0.2, 0.25) is 5.02 Å². The van der Waals surface area contributed by atoms with Crippen LogP contribution in [-0.4, -0.2) is 10.9 Å². The normalized spacial score (nSPS) is 10.1. The predicted octanol–water partition coefficient (Wildman–Crippen LogP) is 3.84. The highest BCUT2D eigenvalue weighted by Crippen LogP contribution is 2.20. The molecular weight excluding hydrogens is 284 g/mol. The fraction of sp³-hybridized carbons (Fsp3) is 0. The van der Waals surface area contributed by atoms with Crippen LogP contribution >= 0.6 is 44.5 Å². The summed E-state index contributed by atoms with van der Waals surface area (Å²) in [5.41, 5.74) is 0.499. The third-order valence-electron chi connectivity index (χ3n) is 1.69. The van der Waals surface area contributed by atoms with Gasteiger partial charge in [-0.1, -0.05) is 17.7 Å². The Morgan fingerprint density at radius 1 is 1.44 bits per heavy atom. The maximum Gasteiger partial charge on any atom is 0.257 e. The van der Waals surface area contributed by atoms with E-state index in [2.05, 4.69) is 10.3 Å². The standard InChI is InChI=1S/C9H5ClN2OS3/c10-6-3-1-2-5(4-6)7(13)11-8-12-9(14)16-15-8/h1-4H,(H,11,12,13,14). The second-order valence-corrected chi connectivity index (χ2v) is 6.00. The van der Waals surface area contributed by atoms with E-state index in [1.54, 1.807) is 24.3 Å². The van der Waals surface area contributed by atoms with Gasteiger partial charge in [0.25, 0.3) is 5.91 Å². The first-order chi connectivity index (χ1) is 7.65. The van der Waals surface area contributed by atoms with Crippen molar-refractivity contribution in [1.82, 2.24) is 4.98 Å². The number of hydrogen-bond donors (Lipinski definition) is 1. The maximum atomic E-state index is 11.7. The number of nitrogens with zero attached hydrogens (tertiary/aromatic N) is 1. The summed E-state index contributed by atoms with van der Waals surface area (Å²) in [6, 6.07) is 6.72. The third-order valence-corrected chi connectivity index (χ3v) is 4.45. The molecule has 82 valence electrons. The van der Waals surface area contributed by atoms with Gasteiger partial charge in [0.05, 0.1) is 0 Å². The monoisotopic (exact) mass is 288 g/mol. The molecule has 3 nitrogen and oxygen atoms in total. The molecule has 0 bridgehead atoms. The summed E-state index contributed by atoms with van der Waals surface area (Å²) in [4.78, 5) is 15.7. The summed E-state index contributed by atoms with van der Waals surface area (Å²) in [6.45, 7) is 0. The molecule has 1 aromatic carbocycles. The van der Waals surface area contributed by atoms with Crippen LogP contribution in [0.4, 0.5) is 5.13 Å². The first-order valence-corrected chi connectivity index (χ1v) is 7.13. The molecule has 0 unspecified atom stereocenters. The number of rotatable bonds is 2. The molecule has 1 N–H and O–H groups in total. The van der Waals surface area contributed by atoms with Gasteiger partial charge in [-0.25, -0.2) is 0 Å². The van der Waals surface area contributed by atoms with Gasteiger partial charge < -0.3 is 0 Å². The van der Waals surface area contributed by atoms with Gasteiger partial charge in [-0.2, -0.15) is 4.98 Å². The van der Waals surface area contributed by atoms with Gasteiger partial charge in [-0.3, -0.25) is 10.1 Å². The van der Waals surface area contributed by atoms with Gasteiger partial charge in [0.15, 0.2) is 3.95 Å². The minimum atomic E-state index is -0.237. The van der Waals surface area contributed by atoms with Gasteiger partial charge in [0.2, 0.25) is 5.13 Å². The van der Waals surface area contributed by atoms with E-state index < -0.39 is 0 Å².